The van der Waals surface area contributed by atoms with Gasteiger partial charge in [0.1, 0.15) is 6.10 Å². The van der Waals surface area contributed by atoms with Crippen molar-refractivity contribution in [2.24, 2.45) is 5.41 Å². The minimum absolute atomic E-state index is 0.254. The zero-order valence-electron chi connectivity index (χ0n) is 13.7. The Morgan fingerprint density at radius 3 is 2.82 bits per heavy atom. The van der Waals surface area contributed by atoms with Gasteiger partial charge in [0.15, 0.2) is 0 Å². The third kappa shape index (κ3) is 5.38. The van der Waals surface area contributed by atoms with Crippen molar-refractivity contribution in [3.05, 3.63) is 11.9 Å². The summed E-state index contributed by atoms with van der Waals surface area (Å²) in [5, 5.41) is 29.7. The van der Waals surface area contributed by atoms with Gasteiger partial charge in [-0.15, -0.1) is 5.10 Å². The smallest absolute Gasteiger partial charge is 0.249 e. The summed E-state index contributed by atoms with van der Waals surface area (Å²) in [4.78, 5) is 11.9. The number of amides is 1. The molecule has 1 atom stereocenters. The molecule has 0 aliphatic heterocycles. The molecule has 126 valence electrons. The minimum Gasteiger partial charge on any atom is -0.396 e. The van der Waals surface area contributed by atoms with Crippen molar-refractivity contribution in [2.45, 2.75) is 59.1 Å². The van der Waals surface area contributed by atoms with Gasteiger partial charge in [0.2, 0.25) is 5.91 Å². The van der Waals surface area contributed by atoms with Crippen molar-refractivity contribution in [1.82, 2.24) is 20.3 Å². The van der Waals surface area contributed by atoms with Crippen LogP contribution in [0.25, 0.3) is 0 Å². The lowest BCUT2D eigenvalue weighted by Gasteiger charge is -2.27. The van der Waals surface area contributed by atoms with E-state index in [0.29, 0.717) is 13.0 Å². The molecule has 1 aromatic heterocycles. The second-order valence-electron chi connectivity index (χ2n) is 6.25. The number of hydrogen-bond acceptors (Lipinski definition) is 5. The van der Waals surface area contributed by atoms with Crippen LogP contribution in [0.3, 0.4) is 0 Å². The zero-order chi connectivity index (χ0) is 16.6. The molecule has 0 bridgehead atoms. The van der Waals surface area contributed by atoms with E-state index < -0.39 is 17.4 Å². The minimum atomic E-state index is -1.23. The van der Waals surface area contributed by atoms with Crippen molar-refractivity contribution < 1.29 is 15.0 Å². The van der Waals surface area contributed by atoms with Crippen molar-refractivity contribution in [1.29, 1.82) is 0 Å². The van der Waals surface area contributed by atoms with Crippen LogP contribution in [0.4, 0.5) is 0 Å². The van der Waals surface area contributed by atoms with E-state index in [1.807, 2.05) is 4.68 Å². The first kappa shape index (κ1) is 18.6. The topological polar surface area (TPSA) is 100 Å². The van der Waals surface area contributed by atoms with Gasteiger partial charge in [-0.3, -0.25) is 4.79 Å². The quantitative estimate of drug-likeness (QED) is 0.546. The summed E-state index contributed by atoms with van der Waals surface area (Å²) in [5.74, 6) is -0.468. The molecule has 7 nitrogen and oxygen atoms in total. The van der Waals surface area contributed by atoms with Crippen LogP contribution in [0.5, 0.6) is 0 Å². The van der Waals surface area contributed by atoms with Crippen LogP contribution >= 0.6 is 0 Å². The molecular formula is C15H28N4O3. The highest BCUT2D eigenvalue weighted by Gasteiger charge is 2.32. The molecule has 0 unspecified atom stereocenters. The predicted octanol–water partition coefficient (Wildman–Crippen LogP) is 0.506. The van der Waals surface area contributed by atoms with Gasteiger partial charge in [0.25, 0.3) is 0 Å². The fourth-order valence-corrected chi connectivity index (χ4v) is 2.02. The van der Waals surface area contributed by atoms with Crippen LogP contribution in [0.2, 0.25) is 0 Å². The first-order valence-corrected chi connectivity index (χ1v) is 7.86. The summed E-state index contributed by atoms with van der Waals surface area (Å²) in [6.07, 6.45) is 4.44. The maximum absolute atomic E-state index is 11.9. The molecule has 22 heavy (non-hydrogen) atoms. The van der Waals surface area contributed by atoms with Crippen LogP contribution in [0.15, 0.2) is 6.20 Å². The van der Waals surface area contributed by atoms with E-state index in [1.54, 1.807) is 20.0 Å². The Hall–Kier alpha value is -1.47. The van der Waals surface area contributed by atoms with E-state index in [4.69, 9.17) is 5.11 Å². The van der Waals surface area contributed by atoms with Crippen molar-refractivity contribution >= 4 is 5.91 Å². The average Bonchev–Trinajstić information content (AvgIpc) is 2.94. The second-order valence-corrected chi connectivity index (χ2v) is 6.25. The van der Waals surface area contributed by atoms with Crippen LogP contribution in [0, 0.1) is 5.41 Å². The number of rotatable bonds is 10. The molecule has 0 saturated carbocycles. The molecule has 0 radical (unpaired) electrons. The molecule has 1 amide bonds. The fraction of sp³-hybridized carbons (Fsp3) is 0.800. The van der Waals surface area contributed by atoms with Crippen molar-refractivity contribution in [2.75, 3.05) is 13.2 Å². The number of carbonyl (C=O) groups is 1. The summed E-state index contributed by atoms with van der Waals surface area (Å²) in [5.41, 5.74) is 0.111. The van der Waals surface area contributed by atoms with Crippen LogP contribution in [-0.2, 0) is 17.8 Å². The number of aromatic nitrogens is 3. The molecule has 1 heterocycles. The predicted molar refractivity (Wildman–Crippen MR) is 83.1 cm³/mol. The van der Waals surface area contributed by atoms with Gasteiger partial charge < -0.3 is 15.5 Å². The summed E-state index contributed by atoms with van der Waals surface area (Å²) >= 11 is 0. The third-order valence-electron chi connectivity index (χ3n) is 3.75. The van der Waals surface area contributed by atoms with E-state index in [0.717, 1.165) is 31.5 Å². The summed E-state index contributed by atoms with van der Waals surface area (Å²) in [6, 6.07) is 0. The van der Waals surface area contributed by atoms with E-state index in [-0.39, 0.29) is 6.61 Å². The van der Waals surface area contributed by atoms with Crippen LogP contribution < -0.4 is 5.32 Å². The SMILES string of the molecule is CCCCCn1nncc1CCNC(=O)[C@H](O)C(C)(C)CO. The Labute approximate surface area is 131 Å². The van der Waals surface area contributed by atoms with Gasteiger partial charge in [-0.05, 0) is 6.42 Å². The Kier molecular flexibility index (Phi) is 7.47. The highest BCUT2D eigenvalue weighted by Crippen LogP contribution is 2.19. The van der Waals surface area contributed by atoms with E-state index in [2.05, 4.69) is 22.6 Å². The summed E-state index contributed by atoms with van der Waals surface area (Å²) in [7, 11) is 0. The maximum Gasteiger partial charge on any atom is 0.249 e. The number of aliphatic hydroxyl groups excluding tert-OH is 2. The number of unbranched alkanes of at least 4 members (excludes halogenated alkanes) is 2. The molecule has 0 aromatic carbocycles. The van der Waals surface area contributed by atoms with Crippen molar-refractivity contribution in [3.63, 3.8) is 0 Å². The molecule has 0 aliphatic rings. The molecule has 0 fully saturated rings. The lowest BCUT2D eigenvalue weighted by atomic mass is 9.87. The number of nitrogens with one attached hydrogen (secondary N) is 1. The van der Waals surface area contributed by atoms with E-state index in [9.17, 15) is 9.90 Å². The Morgan fingerprint density at radius 2 is 2.18 bits per heavy atom. The second kappa shape index (κ2) is 8.85. The number of aliphatic hydroxyl groups is 2. The number of aryl methyl sites for hydroxylation is 1. The number of carbonyl (C=O) groups excluding carboxylic acids is 1. The first-order valence-electron chi connectivity index (χ1n) is 7.86. The average molecular weight is 312 g/mol. The first-order chi connectivity index (χ1) is 10.4. The zero-order valence-corrected chi connectivity index (χ0v) is 13.7. The molecule has 0 spiro atoms. The molecule has 0 aliphatic carbocycles. The lowest BCUT2D eigenvalue weighted by Crippen LogP contribution is -2.46. The van der Waals surface area contributed by atoms with Crippen LogP contribution in [-0.4, -0.2) is 50.4 Å². The van der Waals surface area contributed by atoms with Crippen molar-refractivity contribution in [3.8, 4) is 0 Å². The number of hydrogen-bond donors (Lipinski definition) is 3. The molecule has 7 heteroatoms. The van der Waals surface area contributed by atoms with Gasteiger partial charge in [-0.2, -0.15) is 0 Å². The summed E-state index contributed by atoms with van der Waals surface area (Å²) < 4.78 is 1.86. The maximum atomic E-state index is 11.9. The van der Waals surface area contributed by atoms with E-state index in [1.165, 1.54) is 0 Å². The molecule has 3 N–H and O–H groups in total. The van der Waals surface area contributed by atoms with Crippen LogP contribution in [0.1, 0.15) is 45.7 Å². The van der Waals surface area contributed by atoms with E-state index >= 15 is 0 Å². The van der Waals surface area contributed by atoms with Gasteiger partial charge in [-0.1, -0.05) is 38.8 Å². The largest absolute Gasteiger partial charge is 0.396 e. The monoisotopic (exact) mass is 312 g/mol. The number of nitrogens with zero attached hydrogens (tertiary/aromatic N) is 3. The molecule has 0 saturated heterocycles. The molecule has 1 aromatic rings. The lowest BCUT2D eigenvalue weighted by molar-refractivity contribution is -0.137. The molecular weight excluding hydrogens is 284 g/mol. The normalized spacial score (nSPS) is 13.1. The fourth-order valence-electron chi connectivity index (χ4n) is 2.02. The summed E-state index contributed by atoms with van der Waals surface area (Å²) in [6.45, 7) is 6.41. The highest BCUT2D eigenvalue weighted by molar-refractivity contribution is 5.81. The van der Waals surface area contributed by atoms with Gasteiger partial charge >= 0.3 is 0 Å². The van der Waals surface area contributed by atoms with Gasteiger partial charge in [0.05, 0.1) is 18.5 Å². The standard InChI is InChI=1S/C15H28N4O3/c1-4-5-6-9-19-12(10-17-18-19)7-8-16-14(22)13(21)15(2,3)11-20/h10,13,20-21H,4-9,11H2,1-3H3,(H,16,22)/t13-/m0/s1. The Morgan fingerprint density at radius 1 is 1.45 bits per heavy atom. The highest BCUT2D eigenvalue weighted by atomic mass is 16.3. The van der Waals surface area contributed by atoms with Gasteiger partial charge in [-0.25, -0.2) is 4.68 Å². The molecule has 1 rings (SSSR count). The third-order valence-corrected chi connectivity index (χ3v) is 3.75. The Balaban J connectivity index is 2.41. The van der Waals surface area contributed by atoms with Gasteiger partial charge in [0, 0.05) is 24.9 Å². The Bertz CT molecular complexity index is 459.